The second-order valence-corrected chi connectivity index (χ2v) is 5.82. The van der Waals surface area contributed by atoms with E-state index in [9.17, 15) is 4.79 Å². The number of aromatic nitrogens is 2. The SMILES string of the molecule is N#CCC(C1CC1)n1cc(C(N)=O)c(Nc2ccc(C#N)cc2)n1. The Morgan fingerprint density at radius 1 is 1.38 bits per heavy atom. The van der Waals surface area contributed by atoms with Crippen LogP contribution in [-0.4, -0.2) is 15.7 Å². The van der Waals surface area contributed by atoms with Crippen LogP contribution < -0.4 is 11.1 Å². The average Bonchev–Trinajstić information content (AvgIpc) is 3.33. The molecule has 1 aromatic carbocycles. The van der Waals surface area contributed by atoms with Gasteiger partial charge in [-0.05, 0) is 43.0 Å². The Hall–Kier alpha value is -3.32. The molecule has 0 radical (unpaired) electrons. The van der Waals surface area contributed by atoms with E-state index < -0.39 is 5.91 Å². The van der Waals surface area contributed by atoms with Crippen molar-refractivity contribution in [2.24, 2.45) is 11.7 Å². The zero-order valence-electron chi connectivity index (χ0n) is 12.9. The molecule has 24 heavy (non-hydrogen) atoms. The first-order chi connectivity index (χ1) is 11.6. The first kappa shape index (κ1) is 15.6. The van der Waals surface area contributed by atoms with Gasteiger partial charge in [0.1, 0.15) is 5.56 Å². The largest absolute Gasteiger partial charge is 0.365 e. The van der Waals surface area contributed by atoms with Crippen LogP contribution in [0.15, 0.2) is 30.5 Å². The molecule has 0 spiro atoms. The van der Waals surface area contributed by atoms with Crippen molar-refractivity contribution >= 4 is 17.4 Å². The number of nitrogens with zero attached hydrogens (tertiary/aromatic N) is 4. The van der Waals surface area contributed by atoms with Crippen molar-refractivity contribution in [2.45, 2.75) is 25.3 Å². The van der Waals surface area contributed by atoms with E-state index in [0.717, 1.165) is 12.8 Å². The van der Waals surface area contributed by atoms with Gasteiger partial charge in [-0.25, -0.2) is 0 Å². The van der Waals surface area contributed by atoms with E-state index in [1.54, 1.807) is 35.1 Å². The number of nitriles is 2. The van der Waals surface area contributed by atoms with Crippen molar-refractivity contribution < 1.29 is 4.79 Å². The zero-order valence-corrected chi connectivity index (χ0v) is 12.9. The van der Waals surface area contributed by atoms with E-state index in [-0.39, 0.29) is 11.6 Å². The Labute approximate surface area is 139 Å². The Morgan fingerprint density at radius 3 is 2.62 bits per heavy atom. The normalized spacial score (nSPS) is 14.4. The highest BCUT2D eigenvalue weighted by Gasteiger charge is 2.33. The number of hydrogen-bond donors (Lipinski definition) is 2. The highest BCUT2D eigenvalue weighted by atomic mass is 16.1. The van der Waals surface area contributed by atoms with Gasteiger partial charge >= 0.3 is 0 Å². The molecule has 1 aromatic heterocycles. The number of primary amides is 1. The van der Waals surface area contributed by atoms with Crippen molar-refractivity contribution in [3.63, 3.8) is 0 Å². The number of rotatable bonds is 6. The number of amides is 1. The topological polar surface area (TPSA) is 121 Å². The summed E-state index contributed by atoms with van der Waals surface area (Å²) in [6, 6.07) is 11.0. The third-order valence-corrected chi connectivity index (χ3v) is 4.08. The maximum Gasteiger partial charge on any atom is 0.254 e. The van der Waals surface area contributed by atoms with Gasteiger partial charge < -0.3 is 11.1 Å². The smallest absolute Gasteiger partial charge is 0.254 e. The molecule has 0 bridgehead atoms. The fraction of sp³-hybridized carbons (Fsp3) is 0.294. The lowest BCUT2D eigenvalue weighted by atomic mass is 10.1. The number of benzene rings is 1. The summed E-state index contributed by atoms with van der Waals surface area (Å²) >= 11 is 0. The highest BCUT2D eigenvalue weighted by Crippen LogP contribution is 2.41. The van der Waals surface area contributed by atoms with Gasteiger partial charge in [0.2, 0.25) is 0 Å². The second kappa shape index (κ2) is 6.43. The monoisotopic (exact) mass is 320 g/mol. The molecular formula is C17H16N6O. The molecule has 3 rings (SSSR count). The van der Waals surface area contributed by atoms with Gasteiger partial charge in [0.25, 0.3) is 5.91 Å². The standard InChI is InChI=1S/C17H16N6O/c18-8-7-15(12-3-4-12)23-10-14(16(20)24)17(22-23)21-13-5-1-11(9-19)2-6-13/h1-2,5-6,10,12,15H,3-4,7H2,(H2,20,24)(H,21,22). The van der Waals surface area contributed by atoms with Gasteiger partial charge in [0, 0.05) is 11.9 Å². The molecule has 3 N–H and O–H groups in total. The van der Waals surface area contributed by atoms with Gasteiger partial charge in [0.15, 0.2) is 5.82 Å². The summed E-state index contributed by atoms with van der Waals surface area (Å²) in [7, 11) is 0. The number of nitrogens with one attached hydrogen (secondary N) is 1. The molecule has 7 nitrogen and oxygen atoms in total. The maximum atomic E-state index is 11.7. The van der Waals surface area contributed by atoms with Crippen LogP contribution in [0.4, 0.5) is 11.5 Å². The summed E-state index contributed by atoms with van der Waals surface area (Å²) in [5.41, 5.74) is 6.98. The minimum absolute atomic E-state index is 0.0374. The van der Waals surface area contributed by atoms with Gasteiger partial charge in [-0.1, -0.05) is 0 Å². The van der Waals surface area contributed by atoms with E-state index in [1.165, 1.54) is 0 Å². The molecule has 0 saturated heterocycles. The minimum atomic E-state index is -0.580. The molecule has 0 aliphatic heterocycles. The maximum absolute atomic E-state index is 11.7. The number of anilines is 2. The summed E-state index contributed by atoms with van der Waals surface area (Å²) < 4.78 is 1.67. The molecule has 1 atom stereocenters. The van der Waals surface area contributed by atoms with Crippen molar-refractivity contribution in [1.82, 2.24) is 9.78 Å². The van der Waals surface area contributed by atoms with E-state index in [0.29, 0.717) is 29.4 Å². The predicted octanol–water partition coefficient (Wildman–Crippen LogP) is 2.46. The fourth-order valence-corrected chi connectivity index (χ4v) is 2.65. The molecule has 1 amide bonds. The van der Waals surface area contributed by atoms with Gasteiger partial charge in [-0.2, -0.15) is 15.6 Å². The zero-order chi connectivity index (χ0) is 17.1. The third-order valence-electron chi connectivity index (χ3n) is 4.08. The van der Waals surface area contributed by atoms with Crippen molar-refractivity contribution in [3.8, 4) is 12.1 Å². The van der Waals surface area contributed by atoms with Crippen LogP contribution in [0.5, 0.6) is 0 Å². The molecule has 1 heterocycles. The van der Waals surface area contributed by atoms with E-state index >= 15 is 0 Å². The van der Waals surface area contributed by atoms with Crippen LogP contribution in [0.3, 0.4) is 0 Å². The molecule has 1 aliphatic rings. The summed E-state index contributed by atoms with van der Waals surface area (Å²) in [6.07, 6.45) is 4.09. The number of carbonyl (C=O) groups is 1. The molecule has 1 saturated carbocycles. The summed E-state index contributed by atoms with van der Waals surface area (Å²) in [5.74, 6) is 0.202. The Morgan fingerprint density at radius 2 is 2.08 bits per heavy atom. The molecular weight excluding hydrogens is 304 g/mol. The fourth-order valence-electron chi connectivity index (χ4n) is 2.65. The number of nitrogens with two attached hydrogens (primary N) is 1. The molecule has 2 aromatic rings. The Kier molecular flexibility index (Phi) is 4.17. The van der Waals surface area contributed by atoms with E-state index in [1.807, 2.05) is 6.07 Å². The van der Waals surface area contributed by atoms with Crippen LogP contribution >= 0.6 is 0 Å². The van der Waals surface area contributed by atoms with Gasteiger partial charge in [-0.3, -0.25) is 9.48 Å². The van der Waals surface area contributed by atoms with Gasteiger partial charge in [-0.15, -0.1) is 0 Å². The number of hydrogen-bond acceptors (Lipinski definition) is 5. The highest BCUT2D eigenvalue weighted by molar-refractivity contribution is 5.98. The molecule has 1 aliphatic carbocycles. The summed E-state index contributed by atoms with van der Waals surface area (Å²) in [6.45, 7) is 0. The van der Waals surface area contributed by atoms with E-state index in [2.05, 4.69) is 16.5 Å². The van der Waals surface area contributed by atoms with Gasteiger partial charge in [0.05, 0.1) is 30.2 Å². The van der Waals surface area contributed by atoms with Crippen LogP contribution in [0.25, 0.3) is 0 Å². The Balaban J connectivity index is 1.89. The summed E-state index contributed by atoms with van der Waals surface area (Å²) in [5, 5.41) is 25.3. The Bertz CT molecular complexity index is 835. The first-order valence-electron chi connectivity index (χ1n) is 7.65. The van der Waals surface area contributed by atoms with Crippen molar-refractivity contribution in [1.29, 1.82) is 10.5 Å². The van der Waals surface area contributed by atoms with E-state index in [4.69, 9.17) is 16.3 Å². The lowest BCUT2D eigenvalue weighted by molar-refractivity contribution is 0.100. The molecule has 7 heteroatoms. The average molecular weight is 320 g/mol. The first-order valence-corrected chi connectivity index (χ1v) is 7.65. The summed E-state index contributed by atoms with van der Waals surface area (Å²) in [4.78, 5) is 11.7. The minimum Gasteiger partial charge on any atom is -0.365 e. The van der Waals surface area contributed by atoms with Crippen molar-refractivity contribution in [2.75, 3.05) is 5.32 Å². The third kappa shape index (κ3) is 3.21. The van der Waals surface area contributed by atoms with Crippen LogP contribution in [-0.2, 0) is 0 Å². The van der Waals surface area contributed by atoms with Crippen LogP contribution in [0.2, 0.25) is 0 Å². The molecule has 1 unspecified atom stereocenters. The van der Waals surface area contributed by atoms with Crippen LogP contribution in [0, 0.1) is 28.6 Å². The predicted molar refractivity (Wildman–Crippen MR) is 87.2 cm³/mol. The lowest BCUT2D eigenvalue weighted by Gasteiger charge is -2.12. The van der Waals surface area contributed by atoms with Crippen molar-refractivity contribution in [3.05, 3.63) is 41.6 Å². The molecule has 120 valence electrons. The lowest BCUT2D eigenvalue weighted by Crippen LogP contribution is -2.12. The second-order valence-electron chi connectivity index (χ2n) is 5.82. The molecule has 1 fully saturated rings. The van der Waals surface area contributed by atoms with Crippen LogP contribution in [0.1, 0.15) is 41.2 Å². The number of carbonyl (C=O) groups excluding carboxylic acids is 1. The quantitative estimate of drug-likeness (QED) is 0.847.